The van der Waals surface area contributed by atoms with Crippen molar-refractivity contribution in [3.8, 4) is 0 Å². The second kappa shape index (κ2) is 3.38. The van der Waals surface area contributed by atoms with Crippen LogP contribution in [0, 0.1) is 3.70 Å². The summed E-state index contributed by atoms with van der Waals surface area (Å²) in [6, 6.07) is 5.48. The summed E-state index contributed by atoms with van der Waals surface area (Å²) in [5.41, 5.74) is 0.726. The van der Waals surface area contributed by atoms with Gasteiger partial charge in [-0.1, -0.05) is 15.9 Å². The number of nitrogens with one attached hydrogen (secondary N) is 1. The number of hydrogen-bond donors (Lipinski definition) is 1. The molecule has 0 radical (unpaired) electrons. The predicted octanol–water partition coefficient (Wildman–Crippen LogP) is 2.29. The predicted molar refractivity (Wildman–Crippen MR) is 62.8 cm³/mol. The number of fused-ring (bicyclic) bond motifs is 1. The molecule has 5 heteroatoms. The molecular weight excluding hydrogens is 347 g/mol. The Morgan fingerprint density at radius 1 is 1.46 bits per heavy atom. The molecule has 0 bridgehead atoms. The lowest BCUT2D eigenvalue weighted by atomic mass is 10.2. The van der Waals surface area contributed by atoms with Crippen molar-refractivity contribution >= 4 is 49.4 Å². The molecular formula is C8H4BrIN2O. The zero-order chi connectivity index (χ0) is 9.42. The summed E-state index contributed by atoms with van der Waals surface area (Å²) in [5, 5.41) is 7.34. The van der Waals surface area contributed by atoms with E-state index in [0.29, 0.717) is 9.09 Å². The van der Waals surface area contributed by atoms with E-state index < -0.39 is 0 Å². The molecule has 1 aromatic carbocycles. The van der Waals surface area contributed by atoms with Crippen LogP contribution in [0.4, 0.5) is 0 Å². The van der Waals surface area contributed by atoms with Gasteiger partial charge in [-0.15, -0.1) is 0 Å². The number of H-pyrrole nitrogens is 1. The van der Waals surface area contributed by atoms with E-state index in [4.69, 9.17) is 0 Å². The quantitative estimate of drug-likeness (QED) is 0.741. The Morgan fingerprint density at radius 3 is 3.00 bits per heavy atom. The lowest BCUT2D eigenvalue weighted by molar-refractivity contribution is 1.03. The highest BCUT2D eigenvalue weighted by molar-refractivity contribution is 14.1. The average molecular weight is 351 g/mol. The minimum absolute atomic E-state index is 0.0318. The molecule has 2 rings (SSSR count). The topological polar surface area (TPSA) is 45.8 Å². The van der Waals surface area contributed by atoms with E-state index in [1.807, 2.05) is 34.7 Å². The van der Waals surface area contributed by atoms with Gasteiger partial charge in [-0.05, 0) is 40.8 Å². The van der Waals surface area contributed by atoms with E-state index in [-0.39, 0.29) is 5.43 Å². The highest BCUT2D eigenvalue weighted by Gasteiger charge is 2.03. The fraction of sp³-hybridized carbons (Fsp3) is 0. The molecule has 0 saturated carbocycles. The highest BCUT2D eigenvalue weighted by atomic mass is 127. The van der Waals surface area contributed by atoms with Crippen LogP contribution in [0.1, 0.15) is 0 Å². The number of aromatic nitrogens is 2. The second-order valence-electron chi connectivity index (χ2n) is 2.53. The van der Waals surface area contributed by atoms with Gasteiger partial charge in [0.2, 0.25) is 5.43 Å². The zero-order valence-electron chi connectivity index (χ0n) is 6.34. The fourth-order valence-electron chi connectivity index (χ4n) is 1.07. The Morgan fingerprint density at radius 2 is 2.23 bits per heavy atom. The van der Waals surface area contributed by atoms with E-state index in [1.165, 1.54) is 0 Å². The van der Waals surface area contributed by atoms with E-state index in [2.05, 4.69) is 26.1 Å². The van der Waals surface area contributed by atoms with Crippen molar-refractivity contribution < 1.29 is 0 Å². The molecule has 0 aliphatic rings. The molecule has 66 valence electrons. The summed E-state index contributed by atoms with van der Waals surface area (Å²) < 4.78 is 1.36. The van der Waals surface area contributed by atoms with Gasteiger partial charge in [-0.2, -0.15) is 5.10 Å². The van der Waals surface area contributed by atoms with Crippen LogP contribution >= 0.6 is 38.5 Å². The highest BCUT2D eigenvalue weighted by Crippen LogP contribution is 2.15. The third-order valence-electron chi connectivity index (χ3n) is 1.69. The SMILES string of the molecule is O=c1c(I)n[nH]c2ccc(Br)cc12. The molecule has 0 aliphatic carbocycles. The maximum Gasteiger partial charge on any atom is 0.221 e. The van der Waals surface area contributed by atoms with Crippen molar-refractivity contribution in [2.24, 2.45) is 0 Å². The first-order valence-corrected chi connectivity index (χ1v) is 5.39. The van der Waals surface area contributed by atoms with Gasteiger partial charge in [0, 0.05) is 4.47 Å². The summed E-state index contributed by atoms with van der Waals surface area (Å²) >= 11 is 5.23. The second-order valence-corrected chi connectivity index (χ2v) is 4.47. The van der Waals surface area contributed by atoms with Gasteiger partial charge in [-0.3, -0.25) is 9.89 Å². The summed E-state index contributed by atoms with van der Waals surface area (Å²) in [5.74, 6) is 0. The molecule has 0 unspecified atom stereocenters. The van der Waals surface area contributed by atoms with Crippen LogP contribution in [-0.2, 0) is 0 Å². The number of hydrogen-bond acceptors (Lipinski definition) is 2. The first-order valence-electron chi connectivity index (χ1n) is 3.52. The summed E-state index contributed by atoms with van der Waals surface area (Å²) in [4.78, 5) is 11.6. The zero-order valence-corrected chi connectivity index (χ0v) is 10.1. The normalized spacial score (nSPS) is 10.6. The smallest absolute Gasteiger partial charge is 0.221 e. The Kier molecular flexibility index (Phi) is 2.37. The molecule has 1 N–H and O–H groups in total. The number of aromatic amines is 1. The van der Waals surface area contributed by atoms with Crippen molar-refractivity contribution in [2.75, 3.05) is 0 Å². The average Bonchev–Trinajstić information content (AvgIpc) is 2.12. The molecule has 0 spiro atoms. The lowest BCUT2D eigenvalue weighted by Gasteiger charge is -1.97. The molecule has 0 aliphatic heterocycles. The van der Waals surface area contributed by atoms with E-state index >= 15 is 0 Å². The molecule has 2 aromatic rings. The Labute approximate surface area is 95.8 Å². The van der Waals surface area contributed by atoms with Gasteiger partial charge in [0.05, 0.1) is 10.9 Å². The first kappa shape index (κ1) is 9.14. The van der Waals surface area contributed by atoms with Crippen LogP contribution in [0.3, 0.4) is 0 Å². The number of halogens is 2. The van der Waals surface area contributed by atoms with Crippen molar-refractivity contribution in [2.45, 2.75) is 0 Å². The molecule has 13 heavy (non-hydrogen) atoms. The van der Waals surface area contributed by atoms with Gasteiger partial charge in [0.15, 0.2) is 3.70 Å². The fourth-order valence-corrected chi connectivity index (χ4v) is 1.85. The number of rotatable bonds is 0. The van der Waals surface area contributed by atoms with Crippen molar-refractivity contribution in [3.63, 3.8) is 0 Å². The van der Waals surface area contributed by atoms with Gasteiger partial charge in [0.1, 0.15) is 0 Å². The molecule has 1 aromatic heterocycles. The molecule has 0 saturated heterocycles. The Hall–Kier alpha value is -0.430. The standard InChI is InChI=1S/C8H4BrIN2O/c9-4-1-2-6-5(3-4)7(13)8(10)12-11-6/h1-3H,(H,11,13). The third kappa shape index (κ3) is 1.62. The van der Waals surface area contributed by atoms with Gasteiger partial charge >= 0.3 is 0 Å². The lowest BCUT2D eigenvalue weighted by Crippen LogP contribution is -2.09. The summed E-state index contributed by atoms with van der Waals surface area (Å²) in [7, 11) is 0. The van der Waals surface area contributed by atoms with Crippen LogP contribution in [0.25, 0.3) is 10.9 Å². The largest absolute Gasteiger partial charge is 0.286 e. The van der Waals surface area contributed by atoms with E-state index in [9.17, 15) is 4.79 Å². The van der Waals surface area contributed by atoms with Crippen LogP contribution in [0.2, 0.25) is 0 Å². The number of benzene rings is 1. The summed E-state index contributed by atoms with van der Waals surface area (Å²) in [6.45, 7) is 0. The monoisotopic (exact) mass is 350 g/mol. The van der Waals surface area contributed by atoms with Gasteiger partial charge < -0.3 is 0 Å². The van der Waals surface area contributed by atoms with Crippen LogP contribution < -0.4 is 5.43 Å². The van der Waals surface area contributed by atoms with Crippen molar-refractivity contribution in [1.82, 2.24) is 10.2 Å². The first-order chi connectivity index (χ1) is 6.18. The molecule has 0 amide bonds. The molecule has 3 nitrogen and oxygen atoms in total. The van der Waals surface area contributed by atoms with Gasteiger partial charge in [-0.25, -0.2) is 0 Å². The minimum atomic E-state index is -0.0318. The van der Waals surface area contributed by atoms with Gasteiger partial charge in [0.25, 0.3) is 0 Å². The van der Waals surface area contributed by atoms with E-state index in [0.717, 1.165) is 9.99 Å². The molecule has 0 fully saturated rings. The van der Waals surface area contributed by atoms with Crippen molar-refractivity contribution in [1.29, 1.82) is 0 Å². The Balaban J connectivity index is 2.97. The maximum atomic E-state index is 11.6. The van der Waals surface area contributed by atoms with Crippen LogP contribution in [0.5, 0.6) is 0 Å². The molecule has 1 heterocycles. The number of nitrogens with zero attached hydrogens (tertiary/aromatic N) is 1. The summed E-state index contributed by atoms with van der Waals surface area (Å²) in [6.07, 6.45) is 0. The maximum absolute atomic E-state index is 11.6. The third-order valence-corrected chi connectivity index (χ3v) is 2.91. The van der Waals surface area contributed by atoms with E-state index in [1.54, 1.807) is 6.07 Å². The van der Waals surface area contributed by atoms with Crippen molar-refractivity contribution in [3.05, 3.63) is 36.6 Å². The van der Waals surface area contributed by atoms with Crippen LogP contribution in [-0.4, -0.2) is 10.2 Å². The Bertz CT molecular complexity index is 518. The van der Waals surface area contributed by atoms with Crippen LogP contribution in [0.15, 0.2) is 27.5 Å². The minimum Gasteiger partial charge on any atom is -0.286 e. The molecule has 0 atom stereocenters.